The summed E-state index contributed by atoms with van der Waals surface area (Å²) in [5.41, 5.74) is 3.70. The highest BCUT2D eigenvalue weighted by atomic mass is 32.2. The van der Waals surface area contributed by atoms with Crippen LogP contribution in [0.3, 0.4) is 0 Å². The van der Waals surface area contributed by atoms with Crippen molar-refractivity contribution >= 4 is 33.2 Å². The van der Waals surface area contributed by atoms with Crippen LogP contribution in [0.1, 0.15) is 27.0 Å². The summed E-state index contributed by atoms with van der Waals surface area (Å²) in [5, 5.41) is 5.49. The average Bonchev–Trinajstić information content (AvgIpc) is 3.12. The Labute approximate surface area is 180 Å². The maximum absolute atomic E-state index is 12.9. The molecule has 1 aliphatic rings. The van der Waals surface area contributed by atoms with Crippen LogP contribution in [0.2, 0.25) is 0 Å². The summed E-state index contributed by atoms with van der Waals surface area (Å²) in [4.78, 5) is 24.3. The third-order valence-corrected chi connectivity index (χ3v) is 6.36. The molecule has 3 N–H and O–H groups in total. The SMILES string of the molecule is Cc1ccc(CNC(=O)c2ccccc2NS(=O)(=O)c2ccc3c(c2)CC(=O)N3)cc1. The van der Waals surface area contributed by atoms with E-state index in [0.29, 0.717) is 17.8 Å². The number of amides is 2. The second-order valence-corrected chi connectivity index (χ2v) is 9.05. The van der Waals surface area contributed by atoms with Crippen LogP contribution in [0.15, 0.2) is 71.6 Å². The molecule has 31 heavy (non-hydrogen) atoms. The van der Waals surface area contributed by atoms with Crippen molar-refractivity contribution in [3.8, 4) is 0 Å². The zero-order valence-corrected chi connectivity index (χ0v) is 17.6. The van der Waals surface area contributed by atoms with E-state index in [4.69, 9.17) is 0 Å². The number of hydrogen-bond donors (Lipinski definition) is 3. The Balaban J connectivity index is 1.53. The van der Waals surface area contributed by atoms with Crippen LogP contribution in [0, 0.1) is 6.92 Å². The maximum Gasteiger partial charge on any atom is 0.261 e. The molecule has 0 saturated heterocycles. The van der Waals surface area contributed by atoms with Gasteiger partial charge in [-0.1, -0.05) is 42.0 Å². The standard InChI is InChI=1S/C23H21N3O4S/c1-15-6-8-16(9-7-15)14-24-23(28)19-4-2-3-5-21(19)26-31(29,30)18-10-11-20-17(12-18)13-22(27)25-20/h2-12,26H,13-14H2,1H3,(H,24,28)(H,25,27). The molecule has 4 rings (SSSR count). The number of nitrogens with one attached hydrogen (secondary N) is 3. The average molecular weight is 436 g/mol. The van der Waals surface area contributed by atoms with E-state index in [2.05, 4.69) is 15.4 Å². The third kappa shape index (κ3) is 4.59. The highest BCUT2D eigenvalue weighted by molar-refractivity contribution is 7.92. The Hall–Kier alpha value is -3.65. The lowest BCUT2D eigenvalue weighted by atomic mass is 10.1. The Morgan fingerprint density at radius 3 is 2.55 bits per heavy atom. The zero-order valence-electron chi connectivity index (χ0n) is 16.8. The molecule has 3 aromatic carbocycles. The number of sulfonamides is 1. The van der Waals surface area contributed by atoms with Crippen molar-refractivity contribution in [3.05, 3.63) is 89.0 Å². The first-order valence-corrected chi connectivity index (χ1v) is 11.2. The Morgan fingerprint density at radius 2 is 1.77 bits per heavy atom. The first-order valence-electron chi connectivity index (χ1n) is 9.70. The molecule has 0 bridgehead atoms. The van der Waals surface area contributed by atoms with Crippen LogP contribution >= 0.6 is 0 Å². The second kappa shape index (κ2) is 8.23. The van der Waals surface area contributed by atoms with Crippen LogP contribution in [0.25, 0.3) is 0 Å². The molecular weight excluding hydrogens is 414 g/mol. The molecule has 0 saturated carbocycles. The molecule has 0 fully saturated rings. The third-order valence-electron chi connectivity index (χ3n) is 5.00. The molecule has 0 unspecified atom stereocenters. The molecule has 0 atom stereocenters. The van der Waals surface area contributed by atoms with E-state index in [9.17, 15) is 18.0 Å². The molecule has 7 nitrogen and oxygen atoms in total. The lowest BCUT2D eigenvalue weighted by Gasteiger charge is -2.13. The Bertz CT molecular complexity index is 1270. The van der Waals surface area contributed by atoms with Crippen LogP contribution in [-0.4, -0.2) is 20.2 Å². The molecule has 2 amide bonds. The van der Waals surface area contributed by atoms with Crippen molar-refractivity contribution in [2.24, 2.45) is 0 Å². The highest BCUT2D eigenvalue weighted by Crippen LogP contribution is 2.27. The number of hydrogen-bond acceptors (Lipinski definition) is 4. The van der Waals surface area contributed by atoms with Gasteiger partial charge in [0.05, 0.1) is 22.6 Å². The van der Waals surface area contributed by atoms with Gasteiger partial charge in [0.15, 0.2) is 0 Å². The fraction of sp³-hybridized carbons (Fsp3) is 0.130. The first-order chi connectivity index (χ1) is 14.8. The van der Waals surface area contributed by atoms with Crippen molar-refractivity contribution in [1.82, 2.24) is 5.32 Å². The molecule has 1 aliphatic heterocycles. The lowest BCUT2D eigenvalue weighted by molar-refractivity contribution is -0.115. The van der Waals surface area contributed by atoms with E-state index in [0.717, 1.165) is 11.1 Å². The van der Waals surface area contributed by atoms with Gasteiger partial charge in [0, 0.05) is 12.2 Å². The molecule has 0 aliphatic carbocycles. The topological polar surface area (TPSA) is 104 Å². The van der Waals surface area contributed by atoms with E-state index in [-0.39, 0.29) is 34.4 Å². The summed E-state index contributed by atoms with van der Waals surface area (Å²) in [6.45, 7) is 2.31. The van der Waals surface area contributed by atoms with Gasteiger partial charge in [0.2, 0.25) is 5.91 Å². The highest BCUT2D eigenvalue weighted by Gasteiger charge is 2.23. The van der Waals surface area contributed by atoms with Crippen molar-refractivity contribution in [3.63, 3.8) is 0 Å². The fourth-order valence-corrected chi connectivity index (χ4v) is 4.46. The Morgan fingerprint density at radius 1 is 1.03 bits per heavy atom. The van der Waals surface area contributed by atoms with E-state index in [1.54, 1.807) is 24.3 Å². The number of aryl methyl sites for hydroxylation is 1. The predicted octanol–water partition coefficient (Wildman–Crippen LogP) is 3.22. The van der Waals surface area contributed by atoms with Crippen molar-refractivity contribution in [1.29, 1.82) is 0 Å². The normalized spacial score (nSPS) is 12.7. The van der Waals surface area contributed by atoms with E-state index in [1.807, 2.05) is 31.2 Å². The summed E-state index contributed by atoms with van der Waals surface area (Å²) in [7, 11) is -3.95. The number of benzene rings is 3. The van der Waals surface area contributed by atoms with E-state index in [1.165, 1.54) is 18.2 Å². The number of rotatable bonds is 6. The number of carbonyl (C=O) groups excluding carboxylic acids is 2. The van der Waals surface area contributed by atoms with Gasteiger partial charge in [-0.2, -0.15) is 0 Å². The van der Waals surface area contributed by atoms with Crippen molar-refractivity contribution < 1.29 is 18.0 Å². The molecule has 8 heteroatoms. The molecule has 3 aromatic rings. The fourth-order valence-electron chi connectivity index (χ4n) is 3.33. The summed E-state index contributed by atoms with van der Waals surface area (Å²) in [6.07, 6.45) is 0.136. The van der Waals surface area contributed by atoms with Gasteiger partial charge in [-0.05, 0) is 48.4 Å². The monoisotopic (exact) mass is 435 g/mol. The van der Waals surface area contributed by atoms with Crippen LogP contribution < -0.4 is 15.4 Å². The Kier molecular flexibility index (Phi) is 5.48. The lowest BCUT2D eigenvalue weighted by Crippen LogP contribution is -2.25. The van der Waals surface area contributed by atoms with Gasteiger partial charge in [0.1, 0.15) is 0 Å². The van der Waals surface area contributed by atoms with Crippen LogP contribution in [0.5, 0.6) is 0 Å². The zero-order chi connectivity index (χ0) is 22.0. The molecule has 0 radical (unpaired) electrons. The molecular formula is C23H21N3O4S. The van der Waals surface area contributed by atoms with Crippen LogP contribution in [0.4, 0.5) is 11.4 Å². The summed E-state index contributed by atoms with van der Waals surface area (Å²) >= 11 is 0. The minimum atomic E-state index is -3.95. The second-order valence-electron chi connectivity index (χ2n) is 7.36. The summed E-state index contributed by atoms with van der Waals surface area (Å²) in [6, 6.07) is 18.7. The molecule has 0 spiro atoms. The van der Waals surface area contributed by atoms with Crippen molar-refractivity contribution in [2.45, 2.75) is 24.8 Å². The number of fused-ring (bicyclic) bond motifs is 1. The summed E-state index contributed by atoms with van der Waals surface area (Å²) < 4.78 is 28.3. The van der Waals surface area contributed by atoms with Gasteiger partial charge in [-0.3, -0.25) is 14.3 Å². The van der Waals surface area contributed by atoms with Gasteiger partial charge >= 0.3 is 0 Å². The van der Waals surface area contributed by atoms with Crippen LogP contribution in [-0.2, 0) is 27.8 Å². The quantitative estimate of drug-likeness (QED) is 0.553. The minimum absolute atomic E-state index is 0.0256. The largest absolute Gasteiger partial charge is 0.348 e. The first kappa shape index (κ1) is 20.6. The van der Waals surface area contributed by atoms with Gasteiger partial charge < -0.3 is 10.6 Å². The predicted molar refractivity (Wildman–Crippen MR) is 118 cm³/mol. The van der Waals surface area contributed by atoms with Gasteiger partial charge in [-0.25, -0.2) is 8.42 Å². The maximum atomic E-state index is 12.9. The minimum Gasteiger partial charge on any atom is -0.348 e. The molecule has 0 aromatic heterocycles. The smallest absolute Gasteiger partial charge is 0.261 e. The number of carbonyl (C=O) groups is 2. The van der Waals surface area contributed by atoms with E-state index >= 15 is 0 Å². The summed E-state index contributed by atoms with van der Waals surface area (Å²) in [5.74, 6) is -0.560. The number of anilines is 2. The number of para-hydroxylation sites is 1. The van der Waals surface area contributed by atoms with Gasteiger partial charge in [0.25, 0.3) is 15.9 Å². The van der Waals surface area contributed by atoms with E-state index < -0.39 is 10.0 Å². The van der Waals surface area contributed by atoms with Gasteiger partial charge in [-0.15, -0.1) is 0 Å². The molecule has 1 heterocycles. The molecule has 158 valence electrons. The van der Waals surface area contributed by atoms with Crippen molar-refractivity contribution in [2.75, 3.05) is 10.0 Å².